The molecule has 1 N–H and O–H groups in total. The molecule has 1 amide bonds. The Labute approximate surface area is 98.8 Å². The highest BCUT2D eigenvalue weighted by molar-refractivity contribution is 6.17. The van der Waals surface area contributed by atoms with Crippen molar-refractivity contribution in [3.63, 3.8) is 0 Å². The van der Waals surface area contributed by atoms with Crippen LogP contribution in [0.1, 0.15) is 58.8 Å². The van der Waals surface area contributed by atoms with Gasteiger partial charge in [-0.2, -0.15) is 0 Å². The molecule has 15 heavy (non-hydrogen) atoms. The lowest BCUT2D eigenvalue weighted by Crippen LogP contribution is -2.32. The van der Waals surface area contributed by atoms with E-state index < -0.39 is 0 Å². The summed E-state index contributed by atoms with van der Waals surface area (Å²) in [7, 11) is 0. The summed E-state index contributed by atoms with van der Waals surface area (Å²) < 4.78 is 0. The summed E-state index contributed by atoms with van der Waals surface area (Å²) in [5.74, 6) is 0.780. The zero-order valence-corrected chi connectivity index (χ0v) is 10.8. The fourth-order valence-electron chi connectivity index (χ4n) is 1.47. The number of hydrogen-bond acceptors (Lipinski definition) is 1. The minimum absolute atomic E-state index is 0.170. The maximum absolute atomic E-state index is 11.4. The van der Waals surface area contributed by atoms with Crippen LogP contribution in [0, 0.1) is 0 Å². The Hall–Kier alpha value is -0.240. The summed E-state index contributed by atoms with van der Waals surface area (Å²) >= 11 is 5.59. The lowest BCUT2D eigenvalue weighted by molar-refractivity contribution is -0.121. The molecular weight excluding hydrogens is 210 g/mol. The van der Waals surface area contributed by atoms with E-state index in [4.69, 9.17) is 11.6 Å². The van der Waals surface area contributed by atoms with Gasteiger partial charge in [-0.25, -0.2) is 0 Å². The third kappa shape index (κ3) is 10.1. The number of amides is 1. The van der Waals surface area contributed by atoms with Crippen molar-refractivity contribution >= 4 is 17.5 Å². The molecule has 0 radical (unpaired) electrons. The van der Waals surface area contributed by atoms with Gasteiger partial charge in [0.25, 0.3) is 0 Å². The molecule has 0 saturated carbocycles. The van der Waals surface area contributed by atoms with E-state index in [0.29, 0.717) is 12.3 Å². The average molecular weight is 234 g/mol. The Morgan fingerprint density at radius 2 is 1.93 bits per heavy atom. The van der Waals surface area contributed by atoms with Crippen molar-refractivity contribution in [2.24, 2.45) is 0 Å². The fraction of sp³-hybridized carbons (Fsp3) is 0.917. The van der Waals surface area contributed by atoms with E-state index in [1.54, 1.807) is 0 Å². The maximum Gasteiger partial charge on any atom is 0.220 e. The highest BCUT2D eigenvalue weighted by atomic mass is 35.5. The van der Waals surface area contributed by atoms with Crippen LogP contribution in [0.5, 0.6) is 0 Å². The summed E-state index contributed by atoms with van der Waals surface area (Å²) in [5.41, 5.74) is 0. The molecule has 90 valence electrons. The number of nitrogens with one attached hydrogen (secondary N) is 1. The van der Waals surface area contributed by atoms with Gasteiger partial charge in [-0.15, -0.1) is 11.6 Å². The van der Waals surface area contributed by atoms with Gasteiger partial charge in [0, 0.05) is 18.3 Å². The Balaban J connectivity index is 3.32. The van der Waals surface area contributed by atoms with Gasteiger partial charge < -0.3 is 5.32 Å². The van der Waals surface area contributed by atoms with Crippen LogP contribution in [0.15, 0.2) is 0 Å². The van der Waals surface area contributed by atoms with Crippen LogP contribution < -0.4 is 5.32 Å². The molecule has 0 rings (SSSR count). The monoisotopic (exact) mass is 233 g/mol. The summed E-state index contributed by atoms with van der Waals surface area (Å²) in [6, 6.07) is 0.214. The van der Waals surface area contributed by atoms with Crippen molar-refractivity contribution in [3.8, 4) is 0 Å². The third-order valence-corrected chi connectivity index (χ3v) is 2.68. The minimum Gasteiger partial charge on any atom is -0.354 e. The van der Waals surface area contributed by atoms with E-state index in [1.165, 1.54) is 25.7 Å². The van der Waals surface area contributed by atoms with Crippen molar-refractivity contribution in [1.29, 1.82) is 0 Å². The average Bonchev–Trinajstić information content (AvgIpc) is 2.17. The first-order valence-corrected chi connectivity index (χ1v) is 6.59. The minimum atomic E-state index is 0.170. The van der Waals surface area contributed by atoms with Crippen molar-refractivity contribution in [1.82, 2.24) is 5.32 Å². The lowest BCUT2D eigenvalue weighted by atomic mass is 10.1. The molecule has 0 aromatic heterocycles. The maximum atomic E-state index is 11.4. The SMILES string of the molecule is CCCCCCCC(=O)NC(C)CCCl. The molecule has 0 aliphatic carbocycles. The molecule has 0 fully saturated rings. The molecule has 0 aromatic rings. The number of halogens is 1. The van der Waals surface area contributed by atoms with Crippen molar-refractivity contribution in [2.45, 2.75) is 64.8 Å². The van der Waals surface area contributed by atoms with E-state index in [-0.39, 0.29) is 11.9 Å². The second-order valence-corrected chi connectivity index (χ2v) is 4.49. The Kier molecular flexibility index (Phi) is 10.1. The van der Waals surface area contributed by atoms with Crippen LogP contribution in [-0.2, 0) is 4.79 Å². The molecular formula is C12H24ClNO. The summed E-state index contributed by atoms with van der Waals surface area (Å²) in [5, 5.41) is 2.95. The first-order valence-electron chi connectivity index (χ1n) is 6.06. The summed E-state index contributed by atoms with van der Waals surface area (Å²) in [6.07, 6.45) is 7.48. The molecule has 1 unspecified atom stereocenters. The Morgan fingerprint density at radius 1 is 1.27 bits per heavy atom. The van der Waals surface area contributed by atoms with Crippen LogP contribution >= 0.6 is 11.6 Å². The predicted molar refractivity (Wildman–Crippen MR) is 66.3 cm³/mol. The zero-order valence-electron chi connectivity index (χ0n) is 10.0. The third-order valence-electron chi connectivity index (χ3n) is 2.46. The fourth-order valence-corrected chi connectivity index (χ4v) is 1.80. The van der Waals surface area contributed by atoms with Crippen molar-refractivity contribution in [3.05, 3.63) is 0 Å². The van der Waals surface area contributed by atoms with Gasteiger partial charge in [-0.3, -0.25) is 4.79 Å². The largest absolute Gasteiger partial charge is 0.354 e. The standard InChI is InChI=1S/C12H24ClNO/c1-3-4-5-6-7-8-12(15)14-11(2)9-10-13/h11H,3-10H2,1-2H3,(H,14,15). The molecule has 1 atom stereocenters. The normalized spacial score (nSPS) is 12.5. The van der Waals surface area contributed by atoms with E-state index in [0.717, 1.165) is 12.8 Å². The number of hydrogen-bond donors (Lipinski definition) is 1. The molecule has 0 aromatic carbocycles. The van der Waals surface area contributed by atoms with Gasteiger partial charge in [-0.05, 0) is 19.8 Å². The van der Waals surface area contributed by atoms with Gasteiger partial charge in [0.15, 0.2) is 0 Å². The number of carbonyl (C=O) groups is 1. The molecule has 3 heteroatoms. The van der Waals surface area contributed by atoms with E-state index in [1.807, 2.05) is 6.92 Å². The van der Waals surface area contributed by atoms with Gasteiger partial charge in [0.1, 0.15) is 0 Å². The van der Waals surface area contributed by atoms with Gasteiger partial charge in [-0.1, -0.05) is 32.6 Å². The van der Waals surface area contributed by atoms with Gasteiger partial charge in [0.2, 0.25) is 5.91 Å². The van der Waals surface area contributed by atoms with Crippen LogP contribution in [0.4, 0.5) is 0 Å². The summed E-state index contributed by atoms with van der Waals surface area (Å²) in [6.45, 7) is 4.19. The van der Waals surface area contributed by atoms with Crippen molar-refractivity contribution in [2.75, 3.05) is 5.88 Å². The highest BCUT2D eigenvalue weighted by Gasteiger charge is 2.05. The van der Waals surface area contributed by atoms with E-state index in [2.05, 4.69) is 12.2 Å². The Morgan fingerprint density at radius 3 is 2.53 bits per heavy atom. The lowest BCUT2D eigenvalue weighted by Gasteiger charge is -2.11. The highest BCUT2D eigenvalue weighted by Crippen LogP contribution is 2.05. The molecule has 2 nitrogen and oxygen atoms in total. The first kappa shape index (κ1) is 14.8. The second kappa shape index (κ2) is 10.3. The number of rotatable bonds is 9. The second-order valence-electron chi connectivity index (χ2n) is 4.11. The van der Waals surface area contributed by atoms with Crippen LogP contribution in [0.3, 0.4) is 0 Å². The molecule has 0 bridgehead atoms. The predicted octanol–water partition coefficient (Wildman–Crippen LogP) is 3.48. The summed E-state index contributed by atoms with van der Waals surface area (Å²) in [4.78, 5) is 11.4. The molecule has 0 aliphatic rings. The zero-order chi connectivity index (χ0) is 11.5. The van der Waals surface area contributed by atoms with E-state index >= 15 is 0 Å². The van der Waals surface area contributed by atoms with Crippen LogP contribution in [0.25, 0.3) is 0 Å². The molecule has 0 aliphatic heterocycles. The first-order chi connectivity index (χ1) is 7.20. The molecule has 0 saturated heterocycles. The number of carbonyl (C=O) groups excluding carboxylic acids is 1. The van der Waals surface area contributed by atoms with Gasteiger partial charge >= 0.3 is 0 Å². The van der Waals surface area contributed by atoms with Crippen molar-refractivity contribution < 1.29 is 4.79 Å². The topological polar surface area (TPSA) is 29.1 Å². The molecule has 0 spiro atoms. The van der Waals surface area contributed by atoms with Crippen LogP contribution in [0.2, 0.25) is 0 Å². The number of alkyl halides is 1. The quantitative estimate of drug-likeness (QED) is 0.480. The van der Waals surface area contributed by atoms with Gasteiger partial charge in [0.05, 0.1) is 0 Å². The smallest absolute Gasteiger partial charge is 0.220 e. The van der Waals surface area contributed by atoms with E-state index in [9.17, 15) is 4.79 Å². The number of unbranched alkanes of at least 4 members (excludes halogenated alkanes) is 4. The Bertz CT molecular complexity index is 162. The molecule has 0 heterocycles. The van der Waals surface area contributed by atoms with Crippen LogP contribution in [-0.4, -0.2) is 17.8 Å².